The zero-order valence-electron chi connectivity index (χ0n) is 30.4. The van der Waals surface area contributed by atoms with Gasteiger partial charge >= 0.3 is 0 Å². The Morgan fingerprint density at radius 3 is 1.60 bits per heavy atom. The molecule has 2 aliphatic rings. The summed E-state index contributed by atoms with van der Waals surface area (Å²) in [6, 6.07) is 31.9. The molecule has 3 amide bonds. The fraction of sp³-hybridized carbons (Fsp3) is 0.286. The largest absolute Gasteiger partial charge is 0.431 e. The van der Waals surface area contributed by atoms with Crippen LogP contribution in [0.2, 0.25) is 0 Å². The van der Waals surface area contributed by atoms with Gasteiger partial charge < -0.3 is 35.5 Å². The lowest BCUT2D eigenvalue weighted by Crippen LogP contribution is -2.44. The van der Waals surface area contributed by atoms with Crippen LogP contribution in [0.4, 0.5) is 40.1 Å². The van der Waals surface area contributed by atoms with Crippen LogP contribution in [-0.4, -0.2) is 34.8 Å². The van der Waals surface area contributed by atoms with E-state index in [9.17, 15) is 14.4 Å². The number of aromatic nitrogens is 1. The molecule has 0 saturated heterocycles. The predicted octanol–water partition coefficient (Wildman–Crippen LogP) is 9.05. The lowest BCUT2D eigenvalue weighted by molar-refractivity contribution is -0.119. The molecule has 2 aliphatic heterocycles. The Morgan fingerprint density at radius 2 is 1.11 bits per heavy atom. The summed E-state index contributed by atoms with van der Waals surface area (Å²) in [4.78, 5) is 46.6. The summed E-state index contributed by atoms with van der Waals surface area (Å²) in [5.74, 6) is -0.137. The van der Waals surface area contributed by atoms with Gasteiger partial charge in [0.25, 0.3) is 11.9 Å². The number of carbonyl (C=O) groups excluding carboxylic acids is 3. The van der Waals surface area contributed by atoms with Crippen LogP contribution in [0.15, 0.2) is 108 Å². The van der Waals surface area contributed by atoms with Crippen molar-refractivity contribution < 1.29 is 18.8 Å². The van der Waals surface area contributed by atoms with Crippen LogP contribution < -0.4 is 31.1 Å². The van der Waals surface area contributed by atoms with Crippen molar-refractivity contribution in [3.05, 3.63) is 120 Å². The van der Waals surface area contributed by atoms with Crippen LogP contribution in [0.5, 0.6) is 0 Å². The molecule has 0 bridgehead atoms. The first-order valence-corrected chi connectivity index (χ1v) is 18.3. The number of amides is 3. The van der Waals surface area contributed by atoms with E-state index in [1.807, 2.05) is 109 Å². The molecular formula is C42H45N7O4. The third-order valence-electron chi connectivity index (χ3n) is 10.0. The van der Waals surface area contributed by atoms with Crippen molar-refractivity contribution in [3.63, 3.8) is 0 Å². The molecule has 4 aromatic carbocycles. The highest BCUT2D eigenvalue weighted by Gasteiger charge is 2.34. The molecule has 0 aliphatic carbocycles. The van der Waals surface area contributed by atoms with E-state index in [0.29, 0.717) is 18.5 Å². The van der Waals surface area contributed by atoms with Gasteiger partial charge in [-0.2, -0.15) is 4.98 Å². The molecule has 0 saturated carbocycles. The molecule has 272 valence electrons. The van der Waals surface area contributed by atoms with Gasteiger partial charge in [-0.15, -0.1) is 0 Å². The average molecular weight is 712 g/mol. The smallest absolute Gasteiger partial charge is 0.299 e. The van der Waals surface area contributed by atoms with Gasteiger partial charge in [-0.25, -0.2) is 0 Å². The Bertz CT molecular complexity index is 2100. The number of carbonyl (C=O) groups is 3. The summed E-state index contributed by atoms with van der Waals surface area (Å²) in [6.45, 7) is 7.97. The third-order valence-corrected chi connectivity index (χ3v) is 10.0. The summed E-state index contributed by atoms with van der Waals surface area (Å²) in [5, 5.41) is 13.3. The normalized spacial score (nSPS) is 19.1. The van der Waals surface area contributed by atoms with Crippen LogP contribution >= 0.6 is 0 Å². The maximum Gasteiger partial charge on any atom is 0.299 e. The summed E-state index contributed by atoms with van der Waals surface area (Å²) in [6.07, 6.45) is 3.83. The van der Waals surface area contributed by atoms with Crippen molar-refractivity contribution in [1.29, 1.82) is 0 Å². The predicted molar refractivity (Wildman–Crippen MR) is 210 cm³/mol. The van der Waals surface area contributed by atoms with E-state index in [-0.39, 0.29) is 53.6 Å². The van der Waals surface area contributed by atoms with Crippen molar-refractivity contribution in [1.82, 2.24) is 4.98 Å². The van der Waals surface area contributed by atoms with E-state index in [1.165, 1.54) is 6.26 Å². The van der Waals surface area contributed by atoms with E-state index in [4.69, 9.17) is 4.42 Å². The Kier molecular flexibility index (Phi) is 10.2. The van der Waals surface area contributed by atoms with Gasteiger partial charge in [0, 0.05) is 59.0 Å². The molecule has 0 radical (unpaired) electrons. The highest BCUT2D eigenvalue weighted by Crippen LogP contribution is 2.41. The number of anilines is 7. The Hall–Kier alpha value is -6.10. The molecule has 4 atom stereocenters. The van der Waals surface area contributed by atoms with Gasteiger partial charge in [0.05, 0.1) is 12.1 Å². The van der Waals surface area contributed by atoms with Gasteiger partial charge in [0.2, 0.25) is 11.8 Å². The van der Waals surface area contributed by atoms with Crippen LogP contribution in [-0.2, 0) is 9.59 Å². The maximum absolute atomic E-state index is 13.0. The Labute approximate surface area is 309 Å². The molecule has 1 aromatic heterocycles. The van der Waals surface area contributed by atoms with Gasteiger partial charge in [-0.3, -0.25) is 14.4 Å². The van der Waals surface area contributed by atoms with Gasteiger partial charge in [0.1, 0.15) is 6.26 Å². The van der Waals surface area contributed by atoms with Crippen molar-refractivity contribution in [2.75, 3.05) is 31.1 Å². The quantitative estimate of drug-likeness (QED) is 0.113. The molecule has 0 fully saturated rings. The van der Waals surface area contributed by atoms with Crippen LogP contribution in [0, 0.1) is 0 Å². The standard InChI is InChI=1S/C42H45N7O4/c1-5-39(50)48-26(3)23-34(32-11-7-9-13-37(32)48)43-28-15-19-30(20-16-28)45-41(52)36-25-53-42(47-36)46-31-21-17-29(18-22-31)44-35-24-27(4)49(40(51)6-2)38-14-10-8-12-33(35)38/h7-22,25-27,34-35,43-44H,5-6,23-24H2,1-4H3,(H,45,52)(H,46,47)/t26-,27-,34+,35+/m0/s1. The molecule has 3 heterocycles. The van der Waals surface area contributed by atoms with Gasteiger partial charge in [-0.05, 0) is 98.5 Å². The molecular weight excluding hydrogens is 667 g/mol. The van der Waals surface area contributed by atoms with E-state index in [0.717, 1.165) is 52.4 Å². The molecule has 0 unspecified atom stereocenters. The summed E-state index contributed by atoms with van der Waals surface area (Å²) in [5.41, 5.74) is 7.48. The van der Waals surface area contributed by atoms with Gasteiger partial charge in [0.15, 0.2) is 5.69 Å². The molecule has 11 nitrogen and oxygen atoms in total. The Morgan fingerprint density at radius 1 is 0.660 bits per heavy atom. The minimum absolute atomic E-state index is 0.0409. The molecule has 11 heteroatoms. The SMILES string of the molecule is CCC(=O)N1c2ccccc2[C@H](Nc2ccc(NC(=O)c3coc(Nc4ccc(N[C@@H]5C[C@H](C)N(C(=O)CC)c6ccccc65)cc4)n3)cc2)C[C@@H]1C. The zero-order chi connectivity index (χ0) is 37.1. The van der Waals surface area contributed by atoms with Crippen molar-refractivity contribution >= 4 is 57.9 Å². The summed E-state index contributed by atoms with van der Waals surface area (Å²) >= 11 is 0. The lowest BCUT2D eigenvalue weighted by atomic mass is 9.91. The number of benzene rings is 4. The molecule has 5 aromatic rings. The number of fused-ring (bicyclic) bond motifs is 2. The van der Waals surface area contributed by atoms with E-state index in [1.54, 1.807) is 0 Å². The number of rotatable bonds is 10. The number of hydrogen-bond acceptors (Lipinski definition) is 8. The lowest BCUT2D eigenvalue weighted by Gasteiger charge is -2.40. The molecule has 53 heavy (non-hydrogen) atoms. The molecule has 7 rings (SSSR count). The molecule has 4 N–H and O–H groups in total. The molecule has 0 spiro atoms. The van der Waals surface area contributed by atoms with E-state index >= 15 is 0 Å². The monoisotopic (exact) mass is 711 g/mol. The van der Waals surface area contributed by atoms with Crippen LogP contribution in [0.1, 0.15) is 87.1 Å². The first-order valence-electron chi connectivity index (χ1n) is 18.3. The van der Waals surface area contributed by atoms with E-state index < -0.39 is 0 Å². The maximum atomic E-state index is 13.0. The van der Waals surface area contributed by atoms with Crippen molar-refractivity contribution in [3.8, 4) is 0 Å². The number of nitrogens with zero attached hydrogens (tertiary/aromatic N) is 3. The fourth-order valence-electron chi connectivity index (χ4n) is 7.46. The van der Waals surface area contributed by atoms with E-state index in [2.05, 4.69) is 52.2 Å². The number of para-hydroxylation sites is 2. The number of nitrogens with one attached hydrogen (secondary N) is 4. The summed E-state index contributed by atoms with van der Waals surface area (Å²) < 4.78 is 5.57. The highest BCUT2D eigenvalue weighted by molar-refractivity contribution is 6.03. The average Bonchev–Trinajstić information content (AvgIpc) is 3.64. The zero-order valence-corrected chi connectivity index (χ0v) is 30.4. The topological polar surface area (TPSA) is 132 Å². The fourth-order valence-corrected chi connectivity index (χ4v) is 7.46. The first-order chi connectivity index (χ1) is 25.7. The second-order valence-corrected chi connectivity index (χ2v) is 13.7. The minimum Gasteiger partial charge on any atom is -0.431 e. The third kappa shape index (κ3) is 7.46. The highest BCUT2D eigenvalue weighted by atomic mass is 16.4. The summed E-state index contributed by atoms with van der Waals surface area (Å²) in [7, 11) is 0. The van der Waals surface area contributed by atoms with Gasteiger partial charge in [-0.1, -0.05) is 50.2 Å². The minimum atomic E-state index is -0.390. The Balaban J connectivity index is 0.942. The first kappa shape index (κ1) is 35.3. The number of hydrogen-bond donors (Lipinski definition) is 4. The van der Waals surface area contributed by atoms with Crippen LogP contribution in [0.25, 0.3) is 0 Å². The second kappa shape index (κ2) is 15.2. The number of oxazole rings is 1. The van der Waals surface area contributed by atoms with Crippen molar-refractivity contribution in [2.24, 2.45) is 0 Å². The van der Waals surface area contributed by atoms with Crippen molar-refractivity contribution in [2.45, 2.75) is 77.5 Å². The van der Waals surface area contributed by atoms with Crippen LogP contribution in [0.3, 0.4) is 0 Å². The second-order valence-electron chi connectivity index (χ2n) is 13.7.